The number of fused-ring (bicyclic) bond motifs is 1. The third kappa shape index (κ3) is 3.70. The molecule has 3 aromatic rings. The Morgan fingerprint density at radius 3 is 2.69 bits per heavy atom. The van der Waals surface area contributed by atoms with Crippen LogP contribution in [0.3, 0.4) is 0 Å². The van der Waals surface area contributed by atoms with E-state index in [1.165, 1.54) is 0 Å². The van der Waals surface area contributed by atoms with Gasteiger partial charge >= 0.3 is 0 Å². The van der Waals surface area contributed by atoms with Gasteiger partial charge in [0.2, 0.25) is 0 Å². The van der Waals surface area contributed by atoms with Crippen LogP contribution in [0.15, 0.2) is 65.9 Å². The minimum Gasteiger partial charge on any atom is -0.396 e. The van der Waals surface area contributed by atoms with Gasteiger partial charge in [0, 0.05) is 35.7 Å². The average Bonchev–Trinajstić information content (AvgIpc) is 3.15. The standard InChI is InChI=1S/C21H19N3O.CH4/c25-14-19(16-4-2-1-3-5-16)9-15-8-18(12-22-10-15)20-7-6-17-11-23-13-21(17)24-20;/h1-8,10,12-13,19,25H,9,11,14H2;1H4/t19-;/m0./s1. The lowest BCUT2D eigenvalue weighted by Gasteiger charge is -2.15. The molecule has 2 aromatic heterocycles. The van der Waals surface area contributed by atoms with Crippen LogP contribution in [0.1, 0.15) is 35.7 Å². The zero-order chi connectivity index (χ0) is 17.1. The topological polar surface area (TPSA) is 58.4 Å². The van der Waals surface area contributed by atoms with Gasteiger partial charge in [0.05, 0.1) is 24.5 Å². The number of hydrogen-bond donors (Lipinski definition) is 1. The Balaban J connectivity index is 0.00000196. The van der Waals surface area contributed by atoms with E-state index in [1.807, 2.05) is 42.9 Å². The lowest BCUT2D eigenvalue weighted by Crippen LogP contribution is -2.08. The molecule has 3 heterocycles. The second-order valence-electron chi connectivity index (χ2n) is 6.29. The first-order chi connectivity index (χ1) is 12.3. The van der Waals surface area contributed by atoms with Crippen molar-refractivity contribution in [1.82, 2.24) is 9.97 Å². The maximum Gasteiger partial charge on any atom is 0.0866 e. The first kappa shape index (κ1) is 18.0. The summed E-state index contributed by atoms with van der Waals surface area (Å²) in [5.41, 5.74) is 6.24. The van der Waals surface area contributed by atoms with Crippen molar-refractivity contribution < 1.29 is 5.11 Å². The van der Waals surface area contributed by atoms with E-state index in [2.05, 4.69) is 39.2 Å². The third-order valence-corrected chi connectivity index (χ3v) is 4.55. The molecular weight excluding hydrogens is 322 g/mol. The summed E-state index contributed by atoms with van der Waals surface area (Å²) in [7, 11) is 0. The summed E-state index contributed by atoms with van der Waals surface area (Å²) >= 11 is 0. The highest BCUT2D eigenvalue weighted by molar-refractivity contribution is 5.83. The Morgan fingerprint density at radius 1 is 1.04 bits per heavy atom. The molecular formula is C22H23N3O. The van der Waals surface area contributed by atoms with Gasteiger partial charge in [0.1, 0.15) is 0 Å². The minimum absolute atomic E-state index is 0. The molecule has 1 N–H and O–H groups in total. The molecule has 132 valence electrons. The highest BCUT2D eigenvalue weighted by atomic mass is 16.3. The van der Waals surface area contributed by atoms with E-state index in [-0.39, 0.29) is 20.0 Å². The molecule has 0 amide bonds. The molecule has 0 unspecified atom stereocenters. The molecule has 4 rings (SSSR count). The number of hydrogen-bond acceptors (Lipinski definition) is 4. The highest BCUT2D eigenvalue weighted by Crippen LogP contribution is 2.24. The molecule has 0 saturated heterocycles. The third-order valence-electron chi connectivity index (χ3n) is 4.55. The Morgan fingerprint density at radius 2 is 1.88 bits per heavy atom. The van der Waals surface area contributed by atoms with Crippen LogP contribution in [-0.2, 0) is 13.0 Å². The Bertz CT molecular complexity index is 906. The van der Waals surface area contributed by atoms with Crippen LogP contribution in [0, 0.1) is 0 Å². The zero-order valence-corrected chi connectivity index (χ0v) is 13.8. The van der Waals surface area contributed by atoms with Crippen LogP contribution in [-0.4, -0.2) is 27.9 Å². The molecule has 1 aliphatic heterocycles. The molecule has 0 aliphatic carbocycles. The van der Waals surface area contributed by atoms with Crippen LogP contribution in [0.5, 0.6) is 0 Å². The van der Waals surface area contributed by atoms with Gasteiger partial charge in [-0.25, -0.2) is 4.98 Å². The van der Waals surface area contributed by atoms with Crippen molar-refractivity contribution in [3.8, 4) is 11.3 Å². The van der Waals surface area contributed by atoms with Crippen LogP contribution in [0.4, 0.5) is 0 Å². The van der Waals surface area contributed by atoms with E-state index in [9.17, 15) is 5.11 Å². The molecule has 26 heavy (non-hydrogen) atoms. The minimum atomic E-state index is 0. The van der Waals surface area contributed by atoms with Gasteiger partial charge in [-0.2, -0.15) is 0 Å². The van der Waals surface area contributed by atoms with E-state index < -0.39 is 0 Å². The highest BCUT2D eigenvalue weighted by Gasteiger charge is 2.13. The van der Waals surface area contributed by atoms with Crippen molar-refractivity contribution in [2.24, 2.45) is 4.99 Å². The smallest absolute Gasteiger partial charge is 0.0866 e. The maximum atomic E-state index is 9.79. The van der Waals surface area contributed by atoms with Gasteiger partial charge in [-0.3, -0.25) is 9.98 Å². The monoisotopic (exact) mass is 345 g/mol. The number of aliphatic hydroxyl groups excluding tert-OH is 1. The molecule has 0 radical (unpaired) electrons. The van der Waals surface area contributed by atoms with Crippen molar-refractivity contribution in [2.45, 2.75) is 26.3 Å². The summed E-state index contributed by atoms with van der Waals surface area (Å²) < 4.78 is 0. The summed E-state index contributed by atoms with van der Waals surface area (Å²) in [5.74, 6) is 0.0679. The fourth-order valence-corrected chi connectivity index (χ4v) is 3.18. The quantitative estimate of drug-likeness (QED) is 0.759. The largest absolute Gasteiger partial charge is 0.396 e. The first-order valence-electron chi connectivity index (χ1n) is 8.43. The molecule has 0 fully saturated rings. The molecule has 0 saturated carbocycles. The van der Waals surface area contributed by atoms with E-state index >= 15 is 0 Å². The number of rotatable bonds is 5. The fraction of sp³-hybridized carbons (Fsp3) is 0.227. The van der Waals surface area contributed by atoms with E-state index in [0.717, 1.165) is 46.6 Å². The maximum absolute atomic E-state index is 9.79. The number of aliphatic imine (C=N–C) groups is 1. The molecule has 0 bridgehead atoms. The summed E-state index contributed by atoms with van der Waals surface area (Å²) in [4.78, 5) is 13.3. The Kier molecular flexibility index (Phi) is 5.54. The number of aromatic nitrogens is 2. The second-order valence-corrected chi connectivity index (χ2v) is 6.29. The summed E-state index contributed by atoms with van der Waals surface area (Å²) in [5, 5.41) is 9.79. The van der Waals surface area contributed by atoms with Gasteiger partial charge in [0.15, 0.2) is 0 Å². The molecule has 4 nitrogen and oxygen atoms in total. The summed E-state index contributed by atoms with van der Waals surface area (Å²) in [6.45, 7) is 0.831. The predicted molar refractivity (Wildman–Crippen MR) is 105 cm³/mol. The molecule has 0 spiro atoms. The number of nitrogens with zero attached hydrogens (tertiary/aromatic N) is 3. The van der Waals surface area contributed by atoms with Gasteiger partial charge in [-0.15, -0.1) is 0 Å². The first-order valence-corrected chi connectivity index (χ1v) is 8.43. The van der Waals surface area contributed by atoms with E-state index in [0.29, 0.717) is 0 Å². The Hall–Kier alpha value is -2.85. The van der Waals surface area contributed by atoms with Crippen LogP contribution < -0.4 is 0 Å². The molecule has 1 atom stereocenters. The SMILES string of the molecule is C.OC[C@H](Cc1cncc(-c2ccc3c(n2)C=NC3)c1)c1ccccc1. The second kappa shape index (κ2) is 8.02. The number of aliphatic hydroxyl groups is 1. The van der Waals surface area contributed by atoms with Crippen molar-refractivity contribution in [2.75, 3.05) is 6.61 Å². The normalized spacial score (nSPS) is 13.1. The van der Waals surface area contributed by atoms with Crippen LogP contribution in [0.25, 0.3) is 11.3 Å². The van der Waals surface area contributed by atoms with Crippen LogP contribution >= 0.6 is 0 Å². The summed E-state index contributed by atoms with van der Waals surface area (Å²) in [6, 6.07) is 16.3. The van der Waals surface area contributed by atoms with Gasteiger partial charge < -0.3 is 5.11 Å². The lowest BCUT2D eigenvalue weighted by atomic mass is 9.93. The zero-order valence-electron chi connectivity index (χ0n) is 13.8. The molecule has 1 aromatic carbocycles. The molecule has 4 heteroatoms. The van der Waals surface area contributed by atoms with Crippen molar-refractivity contribution in [1.29, 1.82) is 0 Å². The van der Waals surface area contributed by atoms with E-state index in [4.69, 9.17) is 0 Å². The van der Waals surface area contributed by atoms with Crippen molar-refractivity contribution in [3.05, 3.63) is 83.3 Å². The number of benzene rings is 1. The molecule has 1 aliphatic rings. The van der Waals surface area contributed by atoms with Crippen LogP contribution in [0.2, 0.25) is 0 Å². The van der Waals surface area contributed by atoms with E-state index in [1.54, 1.807) is 0 Å². The van der Waals surface area contributed by atoms with Gasteiger partial charge in [0.25, 0.3) is 0 Å². The van der Waals surface area contributed by atoms with Crippen molar-refractivity contribution in [3.63, 3.8) is 0 Å². The lowest BCUT2D eigenvalue weighted by molar-refractivity contribution is 0.264. The van der Waals surface area contributed by atoms with Crippen molar-refractivity contribution >= 4 is 6.21 Å². The summed E-state index contributed by atoms with van der Waals surface area (Å²) in [6.07, 6.45) is 6.27. The number of pyridine rings is 2. The fourth-order valence-electron chi connectivity index (χ4n) is 3.18. The Labute approximate surface area is 154 Å². The van der Waals surface area contributed by atoms with Gasteiger partial charge in [-0.05, 0) is 29.7 Å². The van der Waals surface area contributed by atoms with Gasteiger partial charge in [-0.1, -0.05) is 43.8 Å². The predicted octanol–water partition coefficient (Wildman–Crippen LogP) is 4.03. The average molecular weight is 345 g/mol.